The second-order valence-corrected chi connectivity index (χ2v) is 11.3. The summed E-state index contributed by atoms with van der Waals surface area (Å²) >= 11 is 0.533. The van der Waals surface area contributed by atoms with Gasteiger partial charge in [0.25, 0.3) is 0 Å². The number of benzene rings is 1. The number of ether oxygens (including phenoxy) is 1. The van der Waals surface area contributed by atoms with Crippen LogP contribution in [0.1, 0.15) is 53.9 Å². The Hall–Kier alpha value is -0.601. The number of hydrogen-bond donors (Lipinski definition) is 0. The van der Waals surface area contributed by atoms with Gasteiger partial charge in [-0.2, -0.15) is 0 Å². The fraction of sp³-hybridized carbons (Fsp3) is 0.652. The normalized spacial score (nSPS) is 31.3. The van der Waals surface area contributed by atoms with Crippen molar-refractivity contribution < 1.29 is 4.74 Å². The van der Waals surface area contributed by atoms with Crippen LogP contribution in [0, 0.1) is 11.8 Å². The molecule has 1 saturated carbocycles. The molecule has 0 N–H and O–H groups in total. The van der Waals surface area contributed by atoms with E-state index in [1.165, 1.54) is 34.6 Å². The Morgan fingerprint density at radius 1 is 1.23 bits per heavy atom. The predicted octanol–water partition coefficient (Wildman–Crippen LogP) is 4.64. The molecule has 0 bridgehead atoms. The van der Waals surface area contributed by atoms with Crippen molar-refractivity contribution in [1.82, 2.24) is 4.90 Å². The summed E-state index contributed by atoms with van der Waals surface area (Å²) in [7, 11) is 0. The summed E-state index contributed by atoms with van der Waals surface area (Å²) in [4.78, 5) is 2.65. The van der Waals surface area contributed by atoms with E-state index in [9.17, 15) is 0 Å². The van der Waals surface area contributed by atoms with Gasteiger partial charge in [-0.25, -0.2) is 0 Å². The van der Waals surface area contributed by atoms with E-state index in [-0.39, 0.29) is 11.8 Å². The Labute approximate surface area is 166 Å². The van der Waals surface area contributed by atoms with E-state index in [1.807, 2.05) is 0 Å². The van der Waals surface area contributed by atoms with Crippen LogP contribution in [0.25, 0.3) is 0 Å². The first-order valence-corrected chi connectivity index (χ1v) is 12.2. The van der Waals surface area contributed by atoms with Crippen molar-refractivity contribution in [1.29, 1.82) is 0 Å². The van der Waals surface area contributed by atoms with Crippen molar-refractivity contribution in [2.75, 3.05) is 6.54 Å². The van der Waals surface area contributed by atoms with Crippen molar-refractivity contribution in [2.24, 2.45) is 11.8 Å². The zero-order chi connectivity index (χ0) is 18.7. The monoisotopic (exact) mass is 421 g/mol. The molecule has 144 valence electrons. The summed E-state index contributed by atoms with van der Waals surface area (Å²) in [5.41, 5.74) is 1.55. The molecule has 0 spiro atoms. The topological polar surface area (TPSA) is 12.5 Å². The SMILES string of the molecule is CC(C)=CC1OC2CC(C)CCC2C(C)(C)N1CC[Se]c1ccccc1. The molecule has 1 aromatic rings. The van der Waals surface area contributed by atoms with E-state index >= 15 is 0 Å². The Kier molecular flexibility index (Phi) is 6.67. The van der Waals surface area contributed by atoms with Gasteiger partial charge < -0.3 is 0 Å². The van der Waals surface area contributed by atoms with Crippen LogP contribution in [-0.2, 0) is 4.74 Å². The van der Waals surface area contributed by atoms with Crippen LogP contribution in [0.2, 0.25) is 5.32 Å². The molecular weight excluding hydrogens is 385 g/mol. The fourth-order valence-electron chi connectivity index (χ4n) is 4.69. The summed E-state index contributed by atoms with van der Waals surface area (Å²) < 4.78 is 8.18. The molecule has 4 atom stereocenters. The third-order valence-corrected chi connectivity index (χ3v) is 8.22. The van der Waals surface area contributed by atoms with Crippen LogP contribution >= 0.6 is 0 Å². The molecule has 0 amide bonds. The fourth-order valence-corrected chi connectivity index (χ4v) is 6.52. The second kappa shape index (κ2) is 8.61. The van der Waals surface area contributed by atoms with Crippen LogP contribution in [0.5, 0.6) is 0 Å². The molecule has 1 aliphatic carbocycles. The molecule has 1 heterocycles. The maximum atomic E-state index is 6.68. The molecule has 3 rings (SSSR count). The number of hydrogen-bond acceptors (Lipinski definition) is 2. The summed E-state index contributed by atoms with van der Waals surface area (Å²) in [5.74, 6) is 1.46. The molecule has 2 aliphatic rings. The third kappa shape index (κ3) is 4.62. The average Bonchev–Trinajstić information content (AvgIpc) is 2.57. The Morgan fingerprint density at radius 2 is 1.96 bits per heavy atom. The Bertz CT molecular complexity index is 608. The molecule has 0 radical (unpaired) electrons. The molecule has 4 unspecified atom stereocenters. The second-order valence-electron chi connectivity index (χ2n) is 8.84. The number of fused-ring (bicyclic) bond motifs is 1. The van der Waals surface area contributed by atoms with Crippen molar-refractivity contribution in [3.8, 4) is 0 Å². The van der Waals surface area contributed by atoms with Gasteiger partial charge in [-0.05, 0) is 0 Å². The summed E-state index contributed by atoms with van der Waals surface area (Å²) in [6.07, 6.45) is 6.78. The van der Waals surface area contributed by atoms with Crippen LogP contribution in [0.15, 0.2) is 42.0 Å². The third-order valence-electron chi connectivity index (χ3n) is 6.14. The molecule has 0 aromatic heterocycles. The van der Waals surface area contributed by atoms with Gasteiger partial charge in [0.1, 0.15) is 0 Å². The molecule has 1 saturated heterocycles. The molecule has 1 aliphatic heterocycles. The van der Waals surface area contributed by atoms with Crippen molar-refractivity contribution >= 4 is 19.4 Å². The molecule has 1 aromatic carbocycles. The van der Waals surface area contributed by atoms with E-state index in [1.54, 1.807) is 0 Å². The molecule has 2 fully saturated rings. The minimum atomic E-state index is 0.133. The summed E-state index contributed by atoms with van der Waals surface area (Å²) in [6.45, 7) is 12.8. The van der Waals surface area contributed by atoms with E-state index in [0.29, 0.717) is 27.0 Å². The minimum absolute atomic E-state index is 0.133. The zero-order valence-corrected chi connectivity index (χ0v) is 18.8. The van der Waals surface area contributed by atoms with Gasteiger partial charge in [0.05, 0.1) is 0 Å². The number of nitrogens with zero attached hydrogens (tertiary/aromatic N) is 1. The van der Waals surface area contributed by atoms with Gasteiger partial charge in [0.15, 0.2) is 0 Å². The molecular formula is C23H35NOSe. The molecule has 3 heteroatoms. The number of allylic oxidation sites excluding steroid dienone is 1. The predicted molar refractivity (Wildman–Crippen MR) is 112 cm³/mol. The number of rotatable bonds is 5. The first-order chi connectivity index (χ1) is 12.4. The van der Waals surface area contributed by atoms with Crippen LogP contribution in [0.3, 0.4) is 0 Å². The quantitative estimate of drug-likeness (QED) is 0.508. The van der Waals surface area contributed by atoms with Gasteiger partial charge in [-0.1, -0.05) is 0 Å². The van der Waals surface area contributed by atoms with Gasteiger partial charge in [0.2, 0.25) is 0 Å². The Balaban J connectivity index is 1.74. The van der Waals surface area contributed by atoms with Gasteiger partial charge in [-0.15, -0.1) is 0 Å². The van der Waals surface area contributed by atoms with E-state index in [4.69, 9.17) is 4.74 Å². The van der Waals surface area contributed by atoms with Gasteiger partial charge in [0, 0.05) is 0 Å². The van der Waals surface area contributed by atoms with Crippen LogP contribution in [0.4, 0.5) is 0 Å². The molecule has 26 heavy (non-hydrogen) atoms. The van der Waals surface area contributed by atoms with Crippen molar-refractivity contribution in [3.05, 3.63) is 42.0 Å². The van der Waals surface area contributed by atoms with E-state index in [2.05, 4.69) is 75.9 Å². The van der Waals surface area contributed by atoms with Crippen molar-refractivity contribution in [2.45, 2.75) is 77.1 Å². The maximum absolute atomic E-state index is 6.68. The van der Waals surface area contributed by atoms with Crippen LogP contribution < -0.4 is 4.46 Å². The van der Waals surface area contributed by atoms with E-state index in [0.717, 1.165) is 12.5 Å². The first kappa shape index (κ1) is 20.1. The average molecular weight is 420 g/mol. The zero-order valence-electron chi connectivity index (χ0n) is 17.1. The van der Waals surface area contributed by atoms with Crippen molar-refractivity contribution in [3.63, 3.8) is 0 Å². The summed E-state index contributed by atoms with van der Waals surface area (Å²) in [5, 5.41) is 1.24. The van der Waals surface area contributed by atoms with Gasteiger partial charge >= 0.3 is 166 Å². The summed E-state index contributed by atoms with van der Waals surface area (Å²) in [6, 6.07) is 11.0. The standard InChI is InChI=1S/C23H35NOSe/c1-17(2)15-22-24(13-14-26-19-9-7-6-8-10-19)23(4,5)20-12-11-18(3)16-21(20)25-22/h6-10,15,18,20-22H,11-14,16H2,1-5H3. The Morgan fingerprint density at radius 3 is 2.65 bits per heavy atom. The first-order valence-electron chi connectivity index (χ1n) is 10.1. The molecule has 2 nitrogen and oxygen atoms in total. The van der Waals surface area contributed by atoms with E-state index < -0.39 is 0 Å². The van der Waals surface area contributed by atoms with Crippen LogP contribution in [-0.4, -0.2) is 44.3 Å². The van der Waals surface area contributed by atoms with Gasteiger partial charge in [-0.3, -0.25) is 0 Å².